The van der Waals surface area contributed by atoms with E-state index < -0.39 is 29.7 Å². The maximum atomic E-state index is 13.7. The van der Waals surface area contributed by atoms with E-state index in [9.17, 15) is 18.3 Å². The molecule has 4 aromatic rings. The molecule has 0 amide bonds. The van der Waals surface area contributed by atoms with Crippen molar-refractivity contribution in [2.45, 2.75) is 31.1 Å². The van der Waals surface area contributed by atoms with Crippen molar-refractivity contribution >= 4 is 11.6 Å². The van der Waals surface area contributed by atoms with E-state index in [1.807, 2.05) is 25.2 Å². The number of rotatable bonds is 5. The van der Waals surface area contributed by atoms with E-state index in [4.69, 9.17) is 16.3 Å². The maximum Gasteiger partial charge on any atom is 0.194 e. The highest BCUT2D eigenvalue weighted by Crippen LogP contribution is 2.41. The first-order valence-corrected chi connectivity index (χ1v) is 11.3. The fourth-order valence-corrected chi connectivity index (χ4v) is 4.69. The van der Waals surface area contributed by atoms with Gasteiger partial charge in [-0.1, -0.05) is 28.9 Å². The molecule has 35 heavy (non-hydrogen) atoms. The SMILES string of the molecule is Cn1ncc(-c2cccc(Cl)c2)c1[C@@H]1C[C@@H](n2cc(-c3cc(F)c(F)c(F)c3)nn2)C[C@H](CO)O1. The van der Waals surface area contributed by atoms with E-state index in [2.05, 4.69) is 15.4 Å². The van der Waals surface area contributed by atoms with Gasteiger partial charge in [0.2, 0.25) is 0 Å². The number of nitrogens with zero attached hydrogens (tertiary/aromatic N) is 5. The van der Waals surface area contributed by atoms with Crippen LogP contribution in [0.5, 0.6) is 0 Å². The molecule has 1 saturated heterocycles. The van der Waals surface area contributed by atoms with Gasteiger partial charge in [-0.15, -0.1) is 5.10 Å². The minimum atomic E-state index is -1.54. The summed E-state index contributed by atoms with van der Waals surface area (Å²) in [6.07, 6.45) is 3.32. The second-order valence-electron chi connectivity index (χ2n) is 8.47. The first-order chi connectivity index (χ1) is 16.8. The zero-order valence-electron chi connectivity index (χ0n) is 18.6. The van der Waals surface area contributed by atoms with Crippen molar-refractivity contribution in [3.8, 4) is 22.4 Å². The summed E-state index contributed by atoms with van der Waals surface area (Å²) in [4.78, 5) is 0. The third kappa shape index (κ3) is 4.56. The van der Waals surface area contributed by atoms with E-state index in [0.717, 1.165) is 29.0 Å². The molecule has 0 aliphatic carbocycles. The van der Waals surface area contributed by atoms with Gasteiger partial charge in [0.05, 0.1) is 36.8 Å². The topological polar surface area (TPSA) is 78.0 Å². The molecule has 3 heterocycles. The second kappa shape index (κ2) is 9.44. The zero-order chi connectivity index (χ0) is 24.7. The van der Waals surface area contributed by atoms with Gasteiger partial charge >= 0.3 is 0 Å². The lowest BCUT2D eigenvalue weighted by atomic mass is 9.93. The quantitative estimate of drug-likeness (QED) is 0.393. The standard InChI is InChI=1S/C24H21ClF3N5O2/c1-32-24(18(10-29-32)13-3-2-4-15(25)5-13)22-9-16(8-17(12-34)35-22)33-11-21(30-31-33)14-6-19(26)23(28)20(27)7-14/h2-7,10-11,16-17,22,34H,8-9,12H2,1H3/t16-,17+,22-/m0/s1. The van der Waals surface area contributed by atoms with Crippen molar-refractivity contribution < 1.29 is 23.0 Å². The predicted octanol–water partition coefficient (Wildman–Crippen LogP) is 4.87. The number of aliphatic hydroxyl groups excluding tert-OH is 1. The lowest BCUT2D eigenvalue weighted by Gasteiger charge is -2.35. The number of hydrogen-bond donors (Lipinski definition) is 1. The highest BCUT2D eigenvalue weighted by atomic mass is 35.5. The summed E-state index contributed by atoms with van der Waals surface area (Å²) >= 11 is 6.19. The molecule has 0 unspecified atom stereocenters. The Balaban J connectivity index is 1.47. The number of halogens is 4. The van der Waals surface area contributed by atoms with Crippen LogP contribution in [0.15, 0.2) is 48.8 Å². The molecule has 182 valence electrons. The summed E-state index contributed by atoms with van der Waals surface area (Å²) in [5.41, 5.74) is 2.83. The van der Waals surface area contributed by atoms with Crippen molar-refractivity contribution in [1.82, 2.24) is 24.8 Å². The van der Waals surface area contributed by atoms with E-state index in [1.165, 1.54) is 0 Å². The number of aryl methyl sites for hydroxylation is 1. The molecule has 0 bridgehead atoms. The number of aliphatic hydroxyl groups is 1. The molecule has 7 nitrogen and oxygen atoms in total. The number of benzene rings is 2. The smallest absolute Gasteiger partial charge is 0.194 e. The number of ether oxygens (including phenoxy) is 1. The Kier molecular flexibility index (Phi) is 6.35. The third-order valence-electron chi connectivity index (χ3n) is 6.17. The molecular weight excluding hydrogens is 483 g/mol. The highest BCUT2D eigenvalue weighted by molar-refractivity contribution is 6.30. The molecule has 1 N–H and O–H groups in total. The lowest BCUT2D eigenvalue weighted by Crippen LogP contribution is -2.33. The Morgan fingerprint density at radius 1 is 1.11 bits per heavy atom. The molecule has 1 aliphatic heterocycles. The van der Waals surface area contributed by atoms with Gasteiger partial charge in [0, 0.05) is 29.6 Å². The monoisotopic (exact) mass is 503 g/mol. The van der Waals surface area contributed by atoms with Gasteiger partial charge in [0.15, 0.2) is 17.5 Å². The predicted molar refractivity (Wildman–Crippen MR) is 122 cm³/mol. The highest BCUT2D eigenvalue weighted by Gasteiger charge is 2.35. The second-order valence-corrected chi connectivity index (χ2v) is 8.91. The van der Waals surface area contributed by atoms with Crippen LogP contribution in [-0.4, -0.2) is 42.6 Å². The summed E-state index contributed by atoms with van der Waals surface area (Å²) in [5.74, 6) is -4.14. The molecule has 1 aliphatic rings. The third-order valence-corrected chi connectivity index (χ3v) is 6.41. The van der Waals surface area contributed by atoms with Crippen molar-refractivity contribution in [1.29, 1.82) is 0 Å². The average Bonchev–Trinajstić information content (AvgIpc) is 3.49. The van der Waals surface area contributed by atoms with Gasteiger partial charge < -0.3 is 9.84 Å². The fourth-order valence-electron chi connectivity index (χ4n) is 4.50. The van der Waals surface area contributed by atoms with Crippen LogP contribution in [0.25, 0.3) is 22.4 Å². The molecule has 2 aromatic heterocycles. The van der Waals surface area contributed by atoms with E-state index in [0.29, 0.717) is 17.9 Å². The molecule has 1 fully saturated rings. The zero-order valence-corrected chi connectivity index (χ0v) is 19.3. The Hall–Kier alpha value is -3.21. The Morgan fingerprint density at radius 2 is 1.89 bits per heavy atom. The van der Waals surface area contributed by atoms with Crippen molar-refractivity contribution in [3.63, 3.8) is 0 Å². The first kappa shape index (κ1) is 23.5. The normalized spacial score (nSPS) is 20.3. The number of aromatic nitrogens is 5. The molecule has 0 radical (unpaired) electrons. The van der Waals surface area contributed by atoms with Gasteiger partial charge in [0.1, 0.15) is 11.8 Å². The van der Waals surface area contributed by atoms with Crippen LogP contribution in [0.2, 0.25) is 5.02 Å². The van der Waals surface area contributed by atoms with Gasteiger partial charge in [-0.2, -0.15) is 5.10 Å². The molecule has 11 heteroatoms. The Morgan fingerprint density at radius 3 is 2.60 bits per heavy atom. The summed E-state index contributed by atoms with van der Waals surface area (Å²) in [5, 5.41) is 23.1. The molecule has 2 aromatic carbocycles. The summed E-state index contributed by atoms with van der Waals surface area (Å²) < 4.78 is 50.3. The van der Waals surface area contributed by atoms with E-state index in [-0.39, 0.29) is 23.9 Å². The van der Waals surface area contributed by atoms with Crippen LogP contribution in [0.1, 0.15) is 30.7 Å². The van der Waals surface area contributed by atoms with Crippen molar-refractivity contribution in [2.75, 3.05) is 6.61 Å². The average molecular weight is 504 g/mol. The molecular formula is C24H21ClF3N5O2. The molecule has 3 atom stereocenters. The largest absolute Gasteiger partial charge is 0.394 e. The number of hydrogen-bond acceptors (Lipinski definition) is 5. The minimum absolute atomic E-state index is 0.0739. The summed E-state index contributed by atoms with van der Waals surface area (Å²) in [6, 6.07) is 8.94. The van der Waals surface area contributed by atoms with E-state index in [1.54, 1.807) is 27.8 Å². The minimum Gasteiger partial charge on any atom is -0.394 e. The summed E-state index contributed by atoms with van der Waals surface area (Å²) in [6.45, 7) is -0.201. The lowest BCUT2D eigenvalue weighted by molar-refractivity contribution is -0.0941. The van der Waals surface area contributed by atoms with Gasteiger partial charge in [0.25, 0.3) is 0 Å². The summed E-state index contributed by atoms with van der Waals surface area (Å²) in [7, 11) is 1.81. The van der Waals surface area contributed by atoms with Crippen molar-refractivity contribution in [2.24, 2.45) is 7.05 Å². The van der Waals surface area contributed by atoms with Crippen LogP contribution in [0.4, 0.5) is 13.2 Å². The molecule has 0 saturated carbocycles. The van der Waals surface area contributed by atoms with Crippen LogP contribution in [-0.2, 0) is 11.8 Å². The van der Waals surface area contributed by atoms with Gasteiger partial charge in [-0.05, 0) is 36.2 Å². The molecule has 0 spiro atoms. The van der Waals surface area contributed by atoms with E-state index >= 15 is 0 Å². The fraction of sp³-hybridized carbons (Fsp3) is 0.292. The van der Waals surface area contributed by atoms with Crippen LogP contribution < -0.4 is 0 Å². The van der Waals surface area contributed by atoms with Crippen LogP contribution in [0.3, 0.4) is 0 Å². The van der Waals surface area contributed by atoms with Crippen molar-refractivity contribution in [3.05, 3.63) is 77.0 Å². The molecule has 5 rings (SSSR count). The first-order valence-electron chi connectivity index (χ1n) is 10.9. The van der Waals surface area contributed by atoms with Crippen LogP contribution >= 0.6 is 11.6 Å². The Bertz CT molecular complexity index is 1350. The maximum absolute atomic E-state index is 13.7. The Labute approximate surface area is 203 Å². The van der Waals surface area contributed by atoms with Gasteiger partial charge in [-0.3, -0.25) is 4.68 Å². The van der Waals surface area contributed by atoms with Gasteiger partial charge in [-0.25, -0.2) is 17.9 Å². The van der Waals surface area contributed by atoms with Crippen LogP contribution in [0, 0.1) is 17.5 Å².